The van der Waals surface area contributed by atoms with Crippen LogP contribution in [-0.4, -0.2) is 11.4 Å². The summed E-state index contributed by atoms with van der Waals surface area (Å²) in [5.41, 5.74) is 2.20. The molecule has 0 heterocycles. The standard InChI is InChI=1S/C22H28N2O/c1-2-3-4-9-21(25)23-19-7-5-6-8-20(19)24-22-13-16-10-17(14-22)12-18(11-16)15-22/h2-9,16-18,24H,10-15H2,1H3,(H,23,25). The highest BCUT2D eigenvalue weighted by Crippen LogP contribution is 2.56. The van der Waals surface area contributed by atoms with Crippen LogP contribution in [0.4, 0.5) is 11.4 Å². The summed E-state index contributed by atoms with van der Waals surface area (Å²) in [4.78, 5) is 12.1. The van der Waals surface area contributed by atoms with Gasteiger partial charge in [-0.15, -0.1) is 0 Å². The van der Waals surface area contributed by atoms with Crippen LogP contribution in [0.2, 0.25) is 0 Å². The molecule has 0 spiro atoms. The number of benzene rings is 1. The number of para-hydroxylation sites is 2. The first kappa shape index (κ1) is 16.4. The van der Waals surface area contributed by atoms with Crippen molar-refractivity contribution in [1.29, 1.82) is 0 Å². The Labute approximate surface area is 150 Å². The maximum atomic E-state index is 12.1. The summed E-state index contributed by atoms with van der Waals surface area (Å²) in [7, 11) is 0. The molecule has 4 saturated carbocycles. The van der Waals surface area contributed by atoms with E-state index in [1.807, 2.05) is 37.3 Å². The lowest BCUT2D eigenvalue weighted by atomic mass is 9.53. The molecule has 4 bridgehead atoms. The lowest BCUT2D eigenvalue weighted by Gasteiger charge is -2.57. The van der Waals surface area contributed by atoms with Crippen LogP contribution in [-0.2, 0) is 4.79 Å². The van der Waals surface area contributed by atoms with E-state index in [2.05, 4.69) is 16.7 Å². The van der Waals surface area contributed by atoms with Crippen molar-refractivity contribution in [1.82, 2.24) is 0 Å². The van der Waals surface area contributed by atoms with Gasteiger partial charge in [0.2, 0.25) is 5.91 Å². The summed E-state index contributed by atoms with van der Waals surface area (Å²) < 4.78 is 0. The average Bonchev–Trinajstić information content (AvgIpc) is 2.55. The predicted molar refractivity (Wildman–Crippen MR) is 104 cm³/mol. The van der Waals surface area contributed by atoms with Crippen molar-refractivity contribution in [2.24, 2.45) is 17.8 Å². The van der Waals surface area contributed by atoms with Gasteiger partial charge in [0.15, 0.2) is 0 Å². The highest BCUT2D eigenvalue weighted by atomic mass is 16.1. The molecule has 1 aromatic carbocycles. The highest BCUT2D eigenvalue weighted by Gasteiger charge is 2.51. The second kappa shape index (κ2) is 6.70. The van der Waals surface area contributed by atoms with Gasteiger partial charge >= 0.3 is 0 Å². The van der Waals surface area contributed by atoms with Crippen LogP contribution >= 0.6 is 0 Å². The third-order valence-electron chi connectivity index (χ3n) is 6.17. The van der Waals surface area contributed by atoms with Crippen molar-refractivity contribution in [2.75, 3.05) is 10.6 Å². The van der Waals surface area contributed by atoms with E-state index in [0.29, 0.717) is 0 Å². The first-order valence-corrected chi connectivity index (χ1v) is 9.63. The molecule has 4 aliphatic rings. The van der Waals surface area contributed by atoms with Crippen LogP contribution in [0.15, 0.2) is 48.6 Å². The molecule has 4 aliphatic carbocycles. The second-order valence-corrected chi connectivity index (χ2v) is 8.24. The number of carbonyl (C=O) groups excluding carboxylic acids is 1. The van der Waals surface area contributed by atoms with E-state index in [9.17, 15) is 4.79 Å². The summed E-state index contributed by atoms with van der Waals surface area (Å²) in [5, 5.41) is 6.90. The van der Waals surface area contributed by atoms with Crippen molar-refractivity contribution in [3.63, 3.8) is 0 Å². The van der Waals surface area contributed by atoms with E-state index in [1.54, 1.807) is 12.2 Å². The molecule has 0 unspecified atom stereocenters. The first-order valence-electron chi connectivity index (χ1n) is 9.63. The molecule has 0 radical (unpaired) electrons. The summed E-state index contributed by atoms with van der Waals surface area (Å²) in [6, 6.07) is 8.12. The third kappa shape index (κ3) is 3.51. The van der Waals surface area contributed by atoms with Gasteiger partial charge in [0.25, 0.3) is 0 Å². The number of nitrogens with one attached hydrogen (secondary N) is 2. The monoisotopic (exact) mass is 336 g/mol. The normalized spacial score (nSPS) is 33.2. The number of carbonyl (C=O) groups is 1. The molecule has 0 saturated heterocycles. The van der Waals surface area contributed by atoms with Crippen LogP contribution in [0.5, 0.6) is 0 Å². The Hall–Kier alpha value is -2.03. The van der Waals surface area contributed by atoms with Gasteiger partial charge in [-0.25, -0.2) is 0 Å². The summed E-state index contributed by atoms with van der Waals surface area (Å²) >= 11 is 0. The first-order chi connectivity index (χ1) is 12.2. The van der Waals surface area contributed by atoms with Crippen LogP contribution < -0.4 is 10.6 Å². The molecule has 0 atom stereocenters. The maximum Gasteiger partial charge on any atom is 0.248 e. The molecule has 132 valence electrons. The Morgan fingerprint density at radius 2 is 1.60 bits per heavy atom. The molecule has 0 aromatic heterocycles. The minimum atomic E-state index is -0.0853. The molecule has 25 heavy (non-hydrogen) atoms. The molecular formula is C22H28N2O. The fraction of sp³-hybridized carbons (Fsp3) is 0.500. The second-order valence-electron chi connectivity index (χ2n) is 8.24. The zero-order valence-electron chi connectivity index (χ0n) is 15.0. The van der Waals surface area contributed by atoms with E-state index in [4.69, 9.17) is 0 Å². The smallest absolute Gasteiger partial charge is 0.248 e. The lowest BCUT2D eigenvalue weighted by Crippen LogP contribution is -2.54. The van der Waals surface area contributed by atoms with Crippen molar-refractivity contribution in [3.05, 3.63) is 48.6 Å². The molecular weight excluding hydrogens is 308 g/mol. The van der Waals surface area contributed by atoms with Gasteiger partial charge in [-0.2, -0.15) is 0 Å². The van der Waals surface area contributed by atoms with E-state index in [0.717, 1.165) is 29.1 Å². The molecule has 0 aliphatic heterocycles. The topological polar surface area (TPSA) is 41.1 Å². The number of rotatable bonds is 5. The van der Waals surface area contributed by atoms with Gasteiger partial charge in [-0.05, 0) is 75.3 Å². The van der Waals surface area contributed by atoms with Gasteiger partial charge in [-0.1, -0.05) is 30.4 Å². The van der Waals surface area contributed by atoms with E-state index < -0.39 is 0 Å². The van der Waals surface area contributed by atoms with Gasteiger partial charge in [0.05, 0.1) is 11.4 Å². The number of amides is 1. The Morgan fingerprint density at radius 3 is 2.20 bits per heavy atom. The van der Waals surface area contributed by atoms with Gasteiger partial charge in [0, 0.05) is 11.6 Å². The van der Waals surface area contributed by atoms with Gasteiger partial charge < -0.3 is 10.6 Å². The van der Waals surface area contributed by atoms with E-state index >= 15 is 0 Å². The van der Waals surface area contributed by atoms with Crippen molar-refractivity contribution in [2.45, 2.75) is 51.0 Å². The van der Waals surface area contributed by atoms with Gasteiger partial charge in [-0.3, -0.25) is 4.79 Å². The molecule has 3 heteroatoms. The summed E-state index contributed by atoms with van der Waals surface area (Å²) in [5.74, 6) is 2.63. The third-order valence-corrected chi connectivity index (χ3v) is 6.17. The predicted octanol–water partition coefficient (Wildman–Crippen LogP) is 5.14. The maximum absolute atomic E-state index is 12.1. The van der Waals surface area contributed by atoms with E-state index in [-0.39, 0.29) is 11.4 Å². The van der Waals surface area contributed by atoms with Crippen LogP contribution in [0.1, 0.15) is 45.4 Å². The molecule has 3 nitrogen and oxygen atoms in total. The highest BCUT2D eigenvalue weighted by molar-refractivity contribution is 6.01. The molecule has 1 amide bonds. The molecule has 2 N–H and O–H groups in total. The Morgan fingerprint density at radius 1 is 1.00 bits per heavy atom. The number of hydrogen-bond acceptors (Lipinski definition) is 2. The number of hydrogen-bond donors (Lipinski definition) is 2. The van der Waals surface area contributed by atoms with Crippen LogP contribution in [0.3, 0.4) is 0 Å². The minimum absolute atomic E-state index is 0.0853. The van der Waals surface area contributed by atoms with Crippen LogP contribution in [0.25, 0.3) is 0 Å². The minimum Gasteiger partial charge on any atom is -0.378 e. The fourth-order valence-corrected chi connectivity index (χ4v) is 5.68. The molecule has 5 rings (SSSR count). The van der Waals surface area contributed by atoms with Crippen LogP contribution in [0, 0.1) is 17.8 Å². The number of anilines is 2. The molecule has 1 aromatic rings. The van der Waals surface area contributed by atoms with Crippen molar-refractivity contribution in [3.8, 4) is 0 Å². The largest absolute Gasteiger partial charge is 0.378 e. The Bertz CT molecular complexity index is 668. The zero-order chi connectivity index (χ0) is 17.3. The van der Waals surface area contributed by atoms with Crippen molar-refractivity contribution >= 4 is 17.3 Å². The SMILES string of the molecule is CC=CC=CC(=O)Nc1ccccc1NC12CC3CC(CC(C3)C1)C2. The lowest BCUT2D eigenvalue weighted by molar-refractivity contribution is -0.111. The Balaban J connectivity index is 1.51. The summed E-state index contributed by atoms with van der Waals surface area (Å²) in [6.07, 6.45) is 15.3. The molecule has 4 fully saturated rings. The van der Waals surface area contributed by atoms with Crippen molar-refractivity contribution < 1.29 is 4.79 Å². The summed E-state index contributed by atoms with van der Waals surface area (Å²) in [6.45, 7) is 1.94. The number of allylic oxidation sites excluding steroid dienone is 3. The average molecular weight is 336 g/mol. The Kier molecular flexibility index (Phi) is 4.41. The van der Waals surface area contributed by atoms with E-state index in [1.165, 1.54) is 38.5 Å². The zero-order valence-corrected chi connectivity index (χ0v) is 15.0. The van der Waals surface area contributed by atoms with Gasteiger partial charge in [0.1, 0.15) is 0 Å². The quantitative estimate of drug-likeness (QED) is 0.577. The fourth-order valence-electron chi connectivity index (χ4n) is 5.68.